The molecule has 5 heterocycles. The van der Waals surface area contributed by atoms with Crippen molar-refractivity contribution in [2.75, 3.05) is 13.1 Å². The van der Waals surface area contributed by atoms with Gasteiger partial charge in [0.25, 0.3) is 5.56 Å². The van der Waals surface area contributed by atoms with Gasteiger partial charge in [0.05, 0.1) is 17.0 Å². The number of H-pyrrole nitrogens is 1. The zero-order valence-corrected chi connectivity index (χ0v) is 15.5. The van der Waals surface area contributed by atoms with E-state index in [1.807, 2.05) is 6.07 Å². The Morgan fingerprint density at radius 1 is 1.35 bits per heavy atom. The van der Waals surface area contributed by atoms with Crippen LogP contribution in [0.4, 0.5) is 0 Å². The third kappa shape index (κ3) is 2.90. The van der Waals surface area contributed by atoms with E-state index in [0.29, 0.717) is 12.6 Å². The molecule has 0 aromatic carbocycles. The van der Waals surface area contributed by atoms with Crippen molar-refractivity contribution >= 4 is 17.0 Å². The lowest BCUT2D eigenvalue weighted by Gasteiger charge is -2.27. The molecule has 3 aromatic rings. The first-order chi connectivity index (χ1) is 12.8. The lowest BCUT2D eigenvalue weighted by atomic mass is 10.0. The normalized spacial score (nSPS) is 21.2. The Balaban J connectivity index is 1.46. The van der Waals surface area contributed by atoms with Gasteiger partial charge in [0.15, 0.2) is 5.65 Å². The molecule has 7 heteroatoms. The van der Waals surface area contributed by atoms with Crippen molar-refractivity contribution in [2.24, 2.45) is 0 Å². The number of aromatic nitrogens is 3. The zero-order valence-electron chi connectivity index (χ0n) is 14.7. The van der Waals surface area contributed by atoms with E-state index in [9.17, 15) is 4.79 Å². The summed E-state index contributed by atoms with van der Waals surface area (Å²) in [6.45, 7) is 3.57. The van der Waals surface area contributed by atoms with E-state index < -0.39 is 0 Å². The van der Waals surface area contributed by atoms with Gasteiger partial charge in [-0.25, -0.2) is 9.50 Å². The number of rotatable bonds is 3. The lowest BCUT2D eigenvalue weighted by Crippen LogP contribution is -2.36. The first kappa shape index (κ1) is 16.2. The number of nitrogens with zero attached hydrogens (tertiary/aromatic N) is 3. The maximum Gasteiger partial charge on any atom is 0.277 e. The fraction of sp³-hybridized carbons (Fsp3) is 0.474. The van der Waals surface area contributed by atoms with E-state index in [4.69, 9.17) is 4.98 Å². The lowest BCUT2D eigenvalue weighted by molar-refractivity contribution is 0.243. The summed E-state index contributed by atoms with van der Waals surface area (Å²) in [4.78, 5) is 21.6. The topological polar surface area (TPSA) is 65.4 Å². The number of fused-ring (bicyclic) bond motifs is 2. The number of aromatic amines is 1. The Morgan fingerprint density at radius 2 is 2.31 bits per heavy atom. The molecule has 0 bridgehead atoms. The average molecular weight is 369 g/mol. The highest BCUT2D eigenvalue weighted by Crippen LogP contribution is 2.23. The fourth-order valence-corrected chi connectivity index (χ4v) is 4.86. The number of hydrogen-bond donors (Lipinski definition) is 2. The van der Waals surface area contributed by atoms with Gasteiger partial charge >= 0.3 is 0 Å². The van der Waals surface area contributed by atoms with Crippen LogP contribution in [0.1, 0.15) is 47.1 Å². The van der Waals surface area contributed by atoms with Gasteiger partial charge in [-0.1, -0.05) is 12.5 Å². The molecule has 26 heavy (non-hydrogen) atoms. The number of piperidine rings is 1. The van der Waals surface area contributed by atoms with Crippen LogP contribution in [0.3, 0.4) is 0 Å². The summed E-state index contributed by atoms with van der Waals surface area (Å²) >= 11 is 1.77. The monoisotopic (exact) mass is 369 g/mol. The van der Waals surface area contributed by atoms with E-state index in [1.54, 1.807) is 15.9 Å². The minimum Gasteiger partial charge on any atom is -0.309 e. The van der Waals surface area contributed by atoms with E-state index in [2.05, 4.69) is 32.8 Å². The third-order valence-electron chi connectivity index (χ3n) is 5.51. The second kappa shape index (κ2) is 6.64. The third-order valence-corrected chi connectivity index (χ3v) is 6.37. The smallest absolute Gasteiger partial charge is 0.277 e. The molecule has 2 aliphatic heterocycles. The maximum atomic E-state index is 13.1. The van der Waals surface area contributed by atoms with Crippen LogP contribution in [0.25, 0.3) is 5.65 Å². The van der Waals surface area contributed by atoms with Gasteiger partial charge in [-0.05, 0) is 30.8 Å². The summed E-state index contributed by atoms with van der Waals surface area (Å²) in [5.74, 6) is 0. The number of nitrogens with one attached hydrogen (secondary N) is 2. The molecule has 0 aliphatic carbocycles. The molecule has 3 aromatic heterocycles. The Hall–Kier alpha value is -1.96. The van der Waals surface area contributed by atoms with Crippen LogP contribution in [0.5, 0.6) is 0 Å². The van der Waals surface area contributed by atoms with Crippen LogP contribution in [0.2, 0.25) is 0 Å². The van der Waals surface area contributed by atoms with Crippen molar-refractivity contribution in [3.8, 4) is 0 Å². The van der Waals surface area contributed by atoms with Crippen LogP contribution in [-0.4, -0.2) is 32.6 Å². The van der Waals surface area contributed by atoms with Gasteiger partial charge < -0.3 is 5.32 Å². The molecular weight excluding hydrogens is 346 g/mol. The van der Waals surface area contributed by atoms with Crippen LogP contribution < -0.4 is 10.9 Å². The summed E-state index contributed by atoms with van der Waals surface area (Å²) in [7, 11) is 0. The number of thiophene rings is 1. The highest BCUT2D eigenvalue weighted by molar-refractivity contribution is 7.09. The second-order valence-corrected chi connectivity index (χ2v) is 8.32. The Kier molecular flexibility index (Phi) is 4.15. The maximum absolute atomic E-state index is 13.1. The highest BCUT2D eigenvalue weighted by Gasteiger charge is 2.24. The molecular formula is C19H23N5OS. The van der Waals surface area contributed by atoms with E-state index in [1.165, 1.54) is 17.7 Å². The predicted octanol–water partition coefficient (Wildman–Crippen LogP) is 2.46. The Bertz CT molecular complexity index is 968. The molecule has 0 spiro atoms. The fourth-order valence-electron chi connectivity index (χ4n) is 4.11. The van der Waals surface area contributed by atoms with Crippen molar-refractivity contribution in [1.29, 1.82) is 0 Å². The first-order valence-electron chi connectivity index (χ1n) is 9.39. The van der Waals surface area contributed by atoms with Crippen molar-refractivity contribution in [2.45, 2.75) is 44.8 Å². The minimum absolute atomic E-state index is 0.0583. The molecule has 5 rings (SSSR count). The molecule has 1 saturated heterocycles. The number of hydrogen-bond acceptors (Lipinski definition) is 5. The molecule has 2 N–H and O–H groups in total. The summed E-state index contributed by atoms with van der Waals surface area (Å²) in [5.41, 5.74) is 3.70. The van der Waals surface area contributed by atoms with Gasteiger partial charge in [0, 0.05) is 43.0 Å². The largest absolute Gasteiger partial charge is 0.309 e. The first-order valence-corrected chi connectivity index (χ1v) is 10.3. The second-order valence-electron chi connectivity index (χ2n) is 7.29. The van der Waals surface area contributed by atoms with Crippen LogP contribution in [0.15, 0.2) is 28.4 Å². The zero-order chi connectivity index (χ0) is 17.5. The molecule has 1 atom stereocenters. The minimum atomic E-state index is 0.0583. The van der Waals surface area contributed by atoms with Crippen molar-refractivity contribution in [1.82, 2.24) is 24.8 Å². The quantitative estimate of drug-likeness (QED) is 0.744. The predicted molar refractivity (Wildman–Crippen MR) is 103 cm³/mol. The summed E-state index contributed by atoms with van der Waals surface area (Å²) in [5, 5.41) is 8.95. The molecule has 136 valence electrons. The molecule has 6 nitrogen and oxygen atoms in total. The molecule has 0 amide bonds. The van der Waals surface area contributed by atoms with Crippen LogP contribution in [0, 0.1) is 0 Å². The standard InChI is InChI=1S/C19H23N5OS/c25-19-14-12-23(11-13-4-3-9-26-13)8-6-15(14)21-18-10-17(22-24(18)19)16-5-1-2-7-20-16/h3-4,9-10,16,20,22H,1-2,5-8,11-12H2/t16-/m1/s1. The van der Waals surface area contributed by atoms with E-state index >= 15 is 0 Å². The van der Waals surface area contributed by atoms with Gasteiger partial charge in [-0.2, -0.15) is 0 Å². The molecule has 2 aliphatic rings. The summed E-state index contributed by atoms with van der Waals surface area (Å²) < 4.78 is 1.64. The van der Waals surface area contributed by atoms with Gasteiger partial charge in [0.1, 0.15) is 0 Å². The SMILES string of the molecule is O=c1c2c(nc3cc([C@H]4CCCCN4)[nH]n13)CCN(Cc1cccs1)C2. The van der Waals surface area contributed by atoms with E-state index in [-0.39, 0.29) is 5.56 Å². The van der Waals surface area contributed by atoms with E-state index in [0.717, 1.165) is 55.1 Å². The summed E-state index contributed by atoms with van der Waals surface area (Å²) in [6, 6.07) is 6.58. The van der Waals surface area contributed by atoms with Crippen LogP contribution >= 0.6 is 11.3 Å². The van der Waals surface area contributed by atoms with Crippen molar-refractivity contribution in [3.63, 3.8) is 0 Å². The summed E-state index contributed by atoms with van der Waals surface area (Å²) in [6.07, 6.45) is 4.40. The highest BCUT2D eigenvalue weighted by atomic mass is 32.1. The van der Waals surface area contributed by atoms with Gasteiger partial charge in [0.2, 0.25) is 0 Å². The molecule has 0 radical (unpaired) electrons. The molecule has 1 fully saturated rings. The van der Waals surface area contributed by atoms with Crippen LogP contribution in [-0.2, 0) is 19.5 Å². The Morgan fingerprint density at radius 3 is 3.12 bits per heavy atom. The van der Waals surface area contributed by atoms with Crippen molar-refractivity contribution < 1.29 is 0 Å². The van der Waals surface area contributed by atoms with Crippen molar-refractivity contribution in [3.05, 3.63) is 55.8 Å². The van der Waals surface area contributed by atoms with Gasteiger partial charge in [-0.15, -0.1) is 11.3 Å². The van der Waals surface area contributed by atoms with Gasteiger partial charge in [-0.3, -0.25) is 14.8 Å². The molecule has 0 unspecified atom stereocenters. The molecule has 0 saturated carbocycles. The Labute approximate surface area is 155 Å². The average Bonchev–Trinajstić information content (AvgIpc) is 3.33.